The summed E-state index contributed by atoms with van der Waals surface area (Å²) < 4.78 is 7.33. The fourth-order valence-corrected chi connectivity index (χ4v) is 1.76. The molecule has 0 atom stereocenters. The highest BCUT2D eigenvalue weighted by Crippen LogP contribution is 2.17. The summed E-state index contributed by atoms with van der Waals surface area (Å²) in [6.45, 7) is 1.63. The Bertz CT molecular complexity index is 498. The topological polar surface area (TPSA) is 39.1 Å². The van der Waals surface area contributed by atoms with Crippen LogP contribution in [0.5, 0.6) is 5.75 Å². The van der Waals surface area contributed by atoms with Crippen molar-refractivity contribution in [3.63, 3.8) is 0 Å². The summed E-state index contributed by atoms with van der Waals surface area (Å²) in [6, 6.07) is 7.54. The third-order valence-electron chi connectivity index (χ3n) is 2.47. The maximum absolute atomic E-state index is 5.94. The lowest BCUT2D eigenvalue weighted by Gasteiger charge is -2.03. The first kappa shape index (κ1) is 12.9. The van der Waals surface area contributed by atoms with Crippen molar-refractivity contribution in [3.8, 4) is 11.4 Å². The van der Waals surface area contributed by atoms with Crippen molar-refractivity contribution in [1.82, 2.24) is 15.1 Å². The first-order chi connectivity index (χ1) is 8.79. The van der Waals surface area contributed by atoms with Gasteiger partial charge in [-0.25, -0.2) is 4.68 Å². The van der Waals surface area contributed by atoms with E-state index < -0.39 is 0 Å². The molecule has 0 saturated heterocycles. The van der Waals surface area contributed by atoms with E-state index in [1.165, 1.54) is 0 Å². The highest BCUT2D eigenvalue weighted by Gasteiger charge is 2.02. The number of aromatic nitrogens is 2. The lowest BCUT2D eigenvalue weighted by Crippen LogP contribution is -2.11. The molecule has 96 valence electrons. The Kier molecular flexibility index (Phi) is 4.61. The molecule has 0 unspecified atom stereocenters. The van der Waals surface area contributed by atoms with Crippen LogP contribution in [0.4, 0.5) is 0 Å². The van der Waals surface area contributed by atoms with E-state index in [9.17, 15) is 0 Å². The van der Waals surface area contributed by atoms with Crippen LogP contribution in [0.15, 0.2) is 36.7 Å². The minimum absolute atomic E-state index is 0.683. The normalized spacial score (nSPS) is 10.6. The SMILES string of the molecule is CNCCCOc1cnn(-c2cccc(Cl)c2)c1. The molecule has 1 aromatic heterocycles. The molecule has 5 heteroatoms. The third-order valence-corrected chi connectivity index (χ3v) is 2.71. The second kappa shape index (κ2) is 6.42. The van der Waals surface area contributed by atoms with Crippen LogP contribution in [0.2, 0.25) is 5.02 Å². The number of nitrogens with zero attached hydrogens (tertiary/aromatic N) is 2. The van der Waals surface area contributed by atoms with Gasteiger partial charge in [-0.05, 0) is 38.2 Å². The first-order valence-corrected chi connectivity index (χ1v) is 6.25. The summed E-state index contributed by atoms with van der Waals surface area (Å²) in [5, 5.41) is 8.01. The predicted molar refractivity (Wildman–Crippen MR) is 72.6 cm³/mol. The zero-order chi connectivity index (χ0) is 12.8. The quantitative estimate of drug-likeness (QED) is 0.816. The van der Waals surface area contributed by atoms with Crippen molar-refractivity contribution in [1.29, 1.82) is 0 Å². The molecule has 4 nitrogen and oxygen atoms in total. The average Bonchev–Trinajstić information content (AvgIpc) is 2.83. The van der Waals surface area contributed by atoms with Crippen molar-refractivity contribution in [3.05, 3.63) is 41.7 Å². The summed E-state index contributed by atoms with van der Waals surface area (Å²) in [4.78, 5) is 0. The standard InChI is InChI=1S/C13H16ClN3O/c1-15-6-3-7-18-13-9-16-17(10-13)12-5-2-4-11(14)8-12/h2,4-5,8-10,15H,3,6-7H2,1H3. The smallest absolute Gasteiger partial charge is 0.157 e. The molecule has 0 fully saturated rings. The highest BCUT2D eigenvalue weighted by atomic mass is 35.5. The Morgan fingerprint density at radius 3 is 3.11 bits per heavy atom. The van der Waals surface area contributed by atoms with E-state index in [4.69, 9.17) is 16.3 Å². The number of rotatable bonds is 6. The Morgan fingerprint density at radius 2 is 2.33 bits per heavy atom. The third kappa shape index (κ3) is 3.48. The van der Waals surface area contributed by atoms with Gasteiger partial charge >= 0.3 is 0 Å². The van der Waals surface area contributed by atoms with E-state index in [1.54, 1.807) is 10.9 Å². The summed E-state index contributed by atoms with van der Waals surface area (Å²) in [5.74, 6) is 0.770. The van der Waals surface area contributed by atoms with Crippen LogP contribution >= 0.6 is 11.6 Å². The molecule has 0 spiro atoms. The van der Waals surface area contributed by atoms with Crippen molar-refractivity contribution in [2.75, 3.05) is 20.2 Å². The Morgan fingerprint density at radius 1 is 1.44 bits per heavy atom. The molecule has 0 radical (unpaired) electrons. The van der Waals surface area contributed by atoms with E-state index in [-0.39, 0.29) is 0 Å². The van der Waals surface area contributed by atoms with Gasteiger partial charge in [0.05, 0.1) is 24.7 Å². The minimum atomic E-state index is 0.683. The van der Waals surface area contributed by atoms with Crippen LogP contribution in [0.1, 0.15) is 6.42 Å². The molecule has 1 aromatic carbocycles. The number of benzene rings is 1. The van der Waals surface area contributed by atoms with Crippen LogP contribution in [0.25, 0.3) is 5.69 Å². The lowest BCUT2D eigenvalue weighted by atomic mass is 10.3. The van der Waals surface area contributed by atoms with E-state index >= 15 is 0 Å². The van der Waals surface area contributed by atoms with E-state index in [0.717, 1.165) is 24.4 Å². The first-order valence-electron chi connectivity index (χ1n) is 5.87. The maximum Gasteiger partial charge on any atom is 0.157 e. The number of ether oxygens (including phenoxy) is 1. The molecule has 0 aliphatic heterocycles. The van der Waals surface area contributed by atoms with Crippen LogP contribution in [0.3, 0.4) is 0 Å². The molecular weight excluding hydrogens is 250 g/mol. The minimum Gasteiger partial charge on any atom is -0.490 e. The van der Waals surface area contributed by atoms with E-state index in [2.05, 4.69) is 10.4 Å². The second-order valence-corrected chi connectivity index (χ2v) is 4.34. The summed E-state index contributed by atoms with van der Waals surface area (Å²) in [7, 11) is 1.93. The molecule has 1 N–H and O–H groups in total. The van der Waals surface area contributed by atoms with Gasteiger partial charge < -0.3 is 10.1 Å². The van der Waals surface area contributed by atoms with Gasteiger partial charge in [-0.3, -0.25) is 0 Å². The Labute approximate surface area is 112 Å². The zero-order valence-corrected chi connectivity index (χ0v) is 11.0. The van der Waals surface area contributed by atoms with Crippen molar-refractivity contribution in [2.24, 2.45) is 0 Å². The van der Waals surface area contributed by atoms with E-state index in [1.807, 2.05) is 37.5 Å². The molecule has 18 heavy (non-hydrogen) atoms. The molecule has 2 aromatic rings. The lowest BCUT2D eigenvalue weighted by molar-refractivity contribution is 0.309. The van der Waals surface area contributed by atoms with Crippen molar-refractivity contribution >= 4 is 11.6 Å². The van der Waals surface area contributed by atoms with Gasteiger partial charge in [0.1, 0.15) is 0 Å². The predicted octanol–water partition coefficient (Wildman–Crippen LogP) is 2.51. The van der Waals surface area contributed by atoms with E-state index in [0.29, 0.717) is 11.6 Å². The van der Waals surface area contributed by atoms with Crippen molar-refractivity contribution in [2.45, 2.75) is 6.42 Å². The molecule has 0 amide bonds. The largest absolute Gasteiger partial charge is 0.490 e. The van der Waals surface area contributed by atoms with Gasteiger partial charge in [0, 0.05) is 5.02 Å². The number of hydrogen-bond donors (Lipinski definition) is 1. The van der Waals surface area contributed by atoms with Gasteiger partial charge in [0.2, 0.25) is 0 Å². The zero-order valence-electron chi connectivity index (χ0n) is 10.3. The van der Waals surface area contributed by atoms with Crippen LogP contribution in [0, 0.1) is 0 Å². The number of hydrogen-bond acceptors (Lipinski definition) is 3. The molecular formula is C13H16ClN3O. The van der Waals surface area contributed by atoms with Crippen molar-refractivity contribution < 1.29 is 4.74 Å². The highest BCUT2D eigenvalue weighted by molar-refractivity contribution is 6.30. The van der Waals surface area contributed by atoms with Gasteiger partial charge in [0.15, 0.2) is 5.75 Å². The molecule has 1 heterocycles. The molecule has 2 rings (SSSR count). The Hall–Kier alpha value is -1.52. The number of nitrogens with one attached hydrogen (secondary N) is 1. The van der Waals surface area contributed by atoms with Gasteiger partial charge in [0.25, 0.3) is 0 Å². The van der Waals surface area contributed by atoms with Gasteiger partial charge in [-0.15, -0.1) is 0 Å². The van der Waals surface area contributed by atoms with Crippen LogP contribution in [-0.2, 0) is 0 Å². The van der Waals surface area contributed by atoms with Crippen LogP contribution in [-0.4, -0.2) is 30.0 Å². The summed E-state index contributed by atoms with van der Waals surface area (Å²) in [5.41, 5.74) is 0.924. The monoisotopic (exact) mass is 265 g/mol. The summed E-state index contributed by atoms with van der Waals surface area (Å²) >= 11 is 5.94. The molecule has 0 saturated carbocycles. The molecule has 0 aliphatic rings. The number of halogens is 1. The Balaban J connectivity index is 1.97. The second-order valence-electron chi connectivity index (χ2n) is 3.91. The average molecular weight is 266 g/mol. The van der Waals surface area contributed by atoms with Crippen LogP contribution < -0.4 is 10.1 Å². The molecule has 0 aliphatic carbocycles. The maximum atomic E-state index is 5.94. The van der Waals surface area contributed by atoms with Gasteiger partial charge in [-0.2, -0.15) is 5.10 Å². The molecule has 0 bridgehead atoms. The fourth-order valence-electron chi connectivity index (χ4n) is 1.58. The van der Waals surface area contributed by atoms with Gasteiger partial charge in [-0.1, -0.05) is 17.7 Å². The fraction of sp³-hybridized carbons (Fsp3) is 0.308. The summed E-state index contributed by atoms with van der Waals surface area (Å²) in [6.07, 6.45) is 4.53.